The molecule has 78 valence electrons. The normalized spacial score (nSPS) is 10.3. The molecule has 1 aromatic heterocycles. The topological polar surface area (TPSA) is 16.1 Å². The van der Waals surface area contributed by atoms with Gasteiger partial charge in [0.2, 0.25) is 0 Å². The lowest BCUT2D eigenvalue weighted by Gasteiger charge is -2.20. The molecule has 1 aromatic rings. The maximum absolute atomic E-state index is 5.80. The van der Waals surface area contributed by atoms with Crippen molar-refractivity contribution in [3.05, 3.63) is 23.0 Å². The van der Waals surface area contributed by atoms with Gasteiger partial charge in [-0.2, -0.15) is 0 Å². The highest BCUT2D eigenvalue weighted by atomic mass is 35.5. The number of rotatable bonds is 4. The Labute approximate surface area is 90.9 Å². The van der Waals surface area contributed by atoms with E-state index in [9.17, 15) is 0 Å². The summed E-state index contributed by atoms with van der Waals surface area (Å²) in [5.41, 5.74) is 2.35. The van der Waals surface area contributed by atoms with Gasteiger partial charge in [0.25, 0.3) is 0 Å². The maximum atomic E-state index is 5.80. The number of unbranched alkanes of at least 4 members (excludes halogenated alkanes) is 1. The summed E-state index contributed by atoms with van der Waals surface area (Å²) < 4.78 is 0. The van der Waals surface area contributed by atoms with E-state index in [0.29, 0.717) is 5.15 Å². The van der Waals surface area contributed by atoms with Crippen LogP contribution in [0.2, 0.25) is 5.15 Å². The van der Waals surface area contributed by atoms with Crippen molar-refractivity contribution in [1.29, 1.82) is 0 Å². The van der Waals surface area contributed by atoms with Gasteiger partial charge in [-0.15, -0.1) is 0 Å². The van der Waals surface area contributed by atoms with Crippen LogP contribution in [-0.2, 0) is 0 Å². The number of aryl methyl sites for hydroxylation is 1. The molecule has 2 nitrogen and oxygen atoms in total. The van der Waals surface area contributed by atoms with Crippen molar-refractivity contribution in [1.82, 2.24) is 4.98 Å². The van der Waals surface area contributed by atoms with Gasteiger partial charge in [0.15, 0.2) is 0 Å². The Bertz CT molecular complexity index is 299. The summed E-state index contributed by atoms with van der Waals surface area (Å²) in [6.07, 6.45) is 4.26. The fourth-order valence-electron chi connectivity index (χ4n) is 1.43. The standard InChI is InChI=1S/C11H17ClN2/c1-4-5-6-14(3)10-8-13-11(12)7-9(10)2/h7-8H,4-6H2,1-3H3. The van der Waals surface area contributed by atoms with Gasteiger partial charge >= 0.3 is 0 Å². The van der Waals surface area contributed by atoms with Crippen LogP contribution in [-0.4, -0.2) is 18.6 Å². The van der Waals surface area contributed by atoms with E-state index >= 15 is 0 Å². The molecule has 0 spiro atoms. The average molecular weight is 213 g/mol. The highest BCUT2D eigenvalue weighted by Crippen LogP contribution is 2.20. The Balaban J connectivity index is 2.74. The predicted octanol–water partition coefficient (Wildman–Crippen LogP) is 3.28. The van der Waals surface area contributed by atoms with Crippen molar-refractivity contribution in [2.45, 2.75) is 26.7 Å². The molecule has 0 fully saturated rings. The summed E-state index contributed by atoms with van der Waals surface area (Å²) in [5, 5.41) is 0.565. The minimum Gasteiger partial charge on any atom is -0.373 e. The highest BCUT2D eigenvalue weighted by Gasteiger charge is 2.04. The summed E-state index contributed by atoms with van der Waals surface area (Å²) in [4.78, 5) is 6.32. The van der Waals surface area contributed by atoms with Gasteiger partial charge in [0.05, 0.1) is 11.9 Å². The molecule has 0 aliphatic rings. The zero-order chi connectivity index (χ0) is 10.6. The second-order valence-corrected chi connectivity index (χ2v) is 3.96. The molecule has 0 amide bonds. The Kier molecular flexibility index (Phi) is 4.21. The zero-order valence-corrected chi connectivity index (χ0v) is 9.80. The number of pyridine rings is 1. The van der Waals surface area contributed by atoms with E-state index in [2.05, 4.69) is 30.8 Å². The minimum atomic E-state index is 0.565. The van der Waals surface area contributed by atoms with Crippen molar-refractivity contribution in [2.24, 2.45) is 0 Å². The zero-order valence-electron chi connectivity index (χ0n) is 9.05. The van der Waals surface area contributed by atoms with Crippen LogP contribution in [0.5, 0.6) is 0 Å². The number of nitrogens with zero attached hydrogens (tertiary/aromatic N) is 2. The van der Waals surface area contributed by atoms with Crippen molar-refractivity contribution in [3.8, 4) is 0 Å². The molecule has 1 heterocycles. The first-order valence-electron chi connectivity index (χ1n) is 4.98. The lowest BCUT2D eigenvalue weighted by atomic mass is 10.2. The quantitative estimate of drug-likeness (QED) is 0.713. The number of halogens is 1. The molecule has 14 heavy (non-hydrogen) atoms. The van der Waals surface area contributed by atoms with Gasteiger partial charge < -0.3 is 4.90 Å². The first-order valence-corrected chi connectivity index (χ1v) is 5.36. The molecule has 0 saturated carbocycles. The van der Waals surface area contributed by atoms with Crippen LogP contribution in [0, 0.1) is 6.92 Å². The summed E-state index contributed by atoms with van der Waals surface area (Å²) in [7, 11) is 2.09. The number of hydrogen-bond acceptors (Lipinski definition) is 2. The predicted molar refractivity (Wildman–Crippen MR) is 62.2 cm³/mol. The Hall–Kier alpha value is -0.760. The van der Waals surface area contributed by atoms with Gasteiger partial charge in [-0.3, -0.25) is 0 Å². The molecule has 0 N–H and O–H groups in total. The first kappa shape index (κ1) is 11.3. The SMILES string of the molecule is CCCCN(C)c1cnc(Cl)cc1C. The van der Waals surface area contributed by atoms with Crippen LogP contribution < -0.4 is 4.90 Å². The smallest absolute Gasteiger partial charge is 0.129 e. The second kappa shape index (κ2) is 5.20. The van der Waals surface area contributed by atoms with Gasteiger partial charge in [-0.1, -0.05) is 24.9 Å². The molecular formula is C11H17ClN2. The summed E-state index contributed by atoms with van der Waals surface area (Å²) in [6.45, 7) is 5.33. The largest absolute Gasteiger partial charge is 0.373 e. The van der Waals surface area contributed by atoms with E-state index in [1.807, 2.05) is 12.3 Å². The molecule has 0 aromatic carbocycles. The maximum Gasteiger partial charge on any atom is 0.129 e. The average Bonchev–Trinajstić information content (AvgIpc) is 2.14. The van der Waals surface area contributed by atoms with Crippen LogP contribution >= 0.6 is 11.6 Å². The highest BCUT2D eigenvalue weighted by molar-refractivity contribution is 6.29. The van der Waals surface area contributed by atoms with Crippen molar-refractivity contribution in [3.63, 3.8) is 0 Å². The van der Waals surface area contributed by atoms with Crippen LogP contribution in [0.25, 0.3) is 0 Å². The molecular weight excluding hydrogens is 196 g/mol. The Morgan fingerprint density at radius 3 is 2.79 bits per heavy atom. The van der Waals surface area contributed by atoms with Crippen LogP contribution in [0.1, 0.15) is 25.3 Å². The third-order valence-electron chi connectivity index (χ3n) is 2.31. The first-order chi connectivity index (χ1) is 6.65. The van der Waals surface area contributed by atoms with Crippen molar-refractivity contribution < 1.29 is 0 Å². The number of hydrogen-bond donors (Lipinski definition) is 0. The van der Waals surface area contributed by atoms with E-state index in [0.717, 1.165) is 6.54 Å². The third-order valence-corrected chi connectivity index (χ3v) is 2.51. The van der Waals surface area contributed by atoms with Crippen LogP contribution in [0.3, 0.4) is 0 Å². The fraction of sp³-hybridized carbons (Fsp3) is 0.545. The van der Waals surface area contributed by atoms with E-state index in [1.54, 1.807) is 0 Å². The lowest BCUT2D eigenvalue weighted by Crippen LogP contribution is -2.19. The van der Waals surface area contributed by atoms with E-state index in [1.165, 1.54) is 24.1 Å². The van der Waals surface area contributed by atoms with Crippen LogP contribution in [0.15, 0.2) is 12.3 Å². The molecule has 3 heteroatoms. The lowest BCUT2D eigenvalue weighted by molar-refractivity contribution is 0.764. The third kappa shape index (κ3) is 2.88. The Morgan fingerprint density at radius 1 is 1.50 bits per heavy atom. The van der Waals surface area contributed by atoms with E-state index in [4.69, 9.17) is 11.6 Å². The molecule has 0 atom stereocenters. The summed E-state index contributed by atoms with van der Waals surface area (Å²) >= 11 is 5.80. The van der Waals surface area contributed by atoms with Gasteiger partial charge in [-0.05, 0) is 25.0 Å². The molecule has 1 rings (SSSR count). The summed E-state index contributed by atoms with van der Waals surface area (Å²) in [6, 6.07) is 1.90. The number of anilines is 1. The van der Waals surface area contributed by atoms with Crippen molar-refractivity contribution in [2.75, 3.05) is 18.5 Å². The van der Waals surface area contributed by atoms with Crippen molar-refractivity contribution >= 4 is 17.3 Å². The van der Waals surface area contributed by atoms with Gasteiger partial charge in [0.1, 0.15) is 5.15 Å². The molecule has 0 saturated heterocycles. The van der Waals surface area contributed by atoms with E-state index < -0.39 is 0 Å². The number of aromatic nitrogens is 1. The second-order valence-electron chi connectivity index (χ2n) is 3.57. The molecule has 0 unspecified atom stereocenters. The van der Waals surface area contributed by atoms with Gasteiger partial charge in [-0.25, -0.2) is 4.98 Å². The van der Waals surface area contributed by atoms with Gasteiger partial charge in [0, 0.05) is 13.6 Å². The monoisotopic (exact) mass is 212 g/mol. The van der Waals surface area contributed by atoms with Crippen LogP contribution in [0.4, 0.5) is 5.69 Å². The molecule has 0 radical (unpaired) electrons. The molecule has 0 bridgehead atoms. The molecule has 0 aliphatic heterocycles. The van der Waals surface area contributed by atoms with E-state index in [-0.39, 0.29) is 0 Å². The Morgan fingerprint density at radius 2 is 2.21 bits per heavy atom. The summed E-state index contributed by atoms with van der Waals surface area (Å²) in [5.74, 6) is 0. The molecule has 0 aliphatic carbocycles. The fourth-order valence-corrected chi connectivity index (χ4v) is 1.64. The minimum absolute atomic E-state index is 0.565.